The fourth-order valence-corrected chi connectivity index (χ4v) is 2.44. The third-order valence-corrected chi connectivity index (χ3v) is 3.26. The number of carboxylic acid groups (broad SMARTS) is 1. The van der Waals surface area contributed by atoms with E-state index in [4.69, 9.17) is 11.6 Å². The summed E-state index contributed by atoms with van der Waals surface area (Å²) in [6.07, 6.45) is 2.42. The van der Waals surface area contributed by atoms with Crippen molar-refractivity contribution in [2.24, 2.45) is 11.8 Å². The topological polar surface area (TPSA) is 77.5 Å². The molecular formula is C10H9ClNO4-. The maximum Gasteiger partial charge on any atom is 0.233 e. The lowest BCUT2D eigenvalue weighted by Gasteiger charge is -2.17. The molecule has 0 radical (unpaired) electrons. The second-order valence-electron chi connectivity index (χ2n) is 3.94. The van der Waals surface area contributed by atoms with Gasteiger partial charge in [0.25, 0.3) is 0 Å². The average molecular weight is 243 g/mol. The van der Waals surface area contributed by atoms with Crippen molar-refractivity contribution in [2.75, 3.05) is 6.54 Å². The maximum atomic E-state index is 11.8. The highest BCUT2D eigenvalue weighted by Gasteiger charge is 2.48. The van der Waals surface area contributed by atoms with Gasteiger partial charge in [-0.3, -0.25) is 14.5 Å². The number of amides is 2. The van der Waals surface area contributed by atoms with E-state index in [9.17, 15) is 19.5 Å². The fourth-order valence-electron chi connectivity index (χ4n) is 2.18. The second-order valence-corrected chi connectivity index (χ2v) is 4.42. The predicted octanol–water partition coefficient (Wildman–Crippen LogP) is -0.746. The number of rotatable bonds is 2. The van der Waals surface area contributed by atoms with Crippen molar-refractivity contribution in [3.63, 3.8) is 0 Å². The van der Waals surface area contributed by atoms with E-state index in [2.05, 4.69) is 0 Å². The van der Waals surface area contributed by atoms with Gasteiger partial charge >= 0.3 is 0 Å². The number of nitrogens with zero attached hydrogens (tertiary/aromatic N) is 1. The minimum atomic E-state index is -1.43. The lowest BCUT2D eigenvalue weighted by molar-refractivity contribution is -0.305. The number of halogens is 1. The standard InChI is InChI=1S/C10H10ClNO4/c11-5-1-2-6-7(3-5)10(16)12(9(6)15)4-8(13)14/h1,6-7H,2-4H2,(H,13,14)/p-1. The van der Waals surface area contributed by atoms with Gasteiger partial charge in [-0.2, -0.15) is 0 Å². The van der Waals surface area contributed by atoms with Crippen molar-refractivity contribution in [1.29, 1.82) is 0 Å². The largest absolute Gasteiger partial charge is 0.548 e. The van der Waals surface area contributed by atoms with Crippen molar-refractivity contribution in [1.82, 2.24) is 4.90 Å². The summed E-state index contributed by atoms with van der Waals surface area (Å²) in [5.41, 5.74) is 0. The van der Waals surface area contributed by atoms with Gasteiger partial charge < -0.3 is 9.90 Å². The van der Waals surface area contributed by atoms with Crippen LogP contribution in [-0.4, -0.2) is 29.2 Å². The van der Waals surface area contributed by atoms with Crippen LogP contribution in [0.2, 0.25) is 0 Å². The summed E-state index contributed by atoms with van der Waals surface area (Å²) in [4.78, 5) is 34.7. The molecule has 0 N–H and O–H groups in total. The molecular weight excluding hydrogens is 234 g/mol. The Hall–Kier alpha value is -1.36. The van der Waals surface area contributed by atoms with Crippen LogP contribution in [0.3, 0.4) is 0 Å². The van der Waals surface area contributed by atoms with Gasteiger partial charge in [0.05, 0.1) is 24.3 Å². The number of fused-ring (bicyclic) bond motifs is 1. The number of hydrogen-bond acceptors (Lipinski definition) is 4. The molecule has 1 aliphatic heterocycles. The van der Waals surface area contributed by atoms with Crippen LogP contribution >= 0.6 is 11.6 Å². The smallest absolute Gasteiger partial charge is 0.233 e. The van der Waals surface area contributed by atoms with Gasteiger partial charge in [-0.25, -0.2) is 0 Å². The van der Waals surface area contributed by atoms with Gasteiger partial charge in [0.1, 0.15) is 0 Å². The van der Waals surface area contributed by atoms with Crippen LogP contribution < -0.4 is 5.11 Å². The highest BCUT2D eigenvalue weighted by molar-refractivity contribution is 6.30. The van der Waals surface area contributed by atoms with E-state index in [0.29, 0.717) is 17.9 Å². The molecule has 16 heavy (non-hydrogen) atoms. The highest BCUT2D eigenvalue weighted by atomic mass is 35.5. The van der Waals surface area contributed by atoms with Crippen LogP contribution in [0.1, 0.15) is 12.8 Å². The molecule has 2 unspecified atom stereocenters. The van der Waals surface area contributed by atoms with E-state index in [1.807, 2.05) is 0 Å². The van der Waals surface area contributed by atoms with E-state index < -0.39 is 36.2 Å². The van der Waals surface area contributed by atoms with Crippen LogP contribution in [-0.2, 0) is 14.4 Å². The molecule has 1 heterocycles. The van der Waals surface area contributed by atoms with Crippen molar-refractivity contribution < 1.29 is 19.5 Å². The molecule has 2 aliphatic rings. The Morgan fingerprint density at radius 2 is 2.06 bits per heavy atom. The molecule has 0 aromatic carbocycles. The number of hydrogen-bond donors (Lipinski definition) is 0. The molecule has 0 aromatic heterocycles. The fraction of sp³-hybridized carbons (Fsp3) is 0.500. The maximum absolute atomic E-state index is 11.8. The van der Waals surface area contributed by atoms with Crippen LogP contribution in [0.25, 0.3) is 0 Å². The van der Waals surface area contributed by atoms with E-state index in [1.54, 1.807) is 6.08 Å². The summed E-state index contributed by atoms with van der Waals surface area (Å²) < 4.78 is 0. The molecule has 6 heteroatoms. The zero-order valence-electron chi connectivity index (χ0n) is 8.31. The zero-order valence-corrected chi connectivity index (χ0v) is 9.07. The zero-order chi connectivity index (χ0) is 11.9. The quantitative estimate of drug-likeness (QED) is 0.597. The van der Waals surface area contributed by atoms with Gasteiger partial charge in [-0.05, 0) is 12.8 Å². The van der Waals surface area contributed by atoms with Crippen LogP contribution in [0, 0.1) is 11.8 Å². The Balaban J connectivity index is 2.21. The van der Waals surface area contributed by atoms with Gasteiger partial charge in [-0.15, -0.1) is 0 Å². The number of carbonyl (C=O) groups is 3. The average Bonchev–Trinajstić information content (AvgIpc) is 2.43. The van der Waals surface area contributed by atoms with E-state index in [-0.39, 0.29) is 0 Å². The molecule has 0 bridgehead atoms. The summed E-state index contributed by atoms with van der Waals surface area (Å²) in [5.74, 6) is -3.26. The first-order valence-corrected chi connectivity index (χ1v) is 5.28. The number of carboxylic acids is 1. The summed E-state index contributed by atoms with van der Waals surface area (Å²) in [6, 6.07) is 0. The van der Waals surface area contributed by atoms with E-state index in [0.717, 1.165) is 4.90 Å². The Labute approximate surface area is 96.7 Å². The highest BCUT2D eigenvalue weighted by Crippen LogP contribution is 2.38. The van der Waals surface area contributed by atoms with Gasteiger partial charge in [0.2, 0.25) is 11.8 Å². The SMILES string of the molecule is O=C([O-])CN1C(=O)C2CC=C(Cl)CC2C1=O. The summed E-state index contributed by atoms with van der Waals surface area (Å²) in [7, 11) is 0. The lowest BCUT2D eigenvalue weighted by Crippen LogP contribution is -2.41. The van der Waals surface area contributed by atoms with Crippen LogP contribution in [0.15, 0.2) is 11.1 Å². The van der Waals surface area contributed by atoms with Crippen molar-refractivity contribution in [3.8, 4) is 0 Å². The molecule has 0 saturated carbocycles. The van der Waals surface area contributed by atoms with Crippen molar-refractivity contribution >= 4 is 29.4 Å². The summed E-state index contributed by atoms with van der Waals surface area (Å²) in [6.45, 7) is -0.664. The molecule has 0 aromatic rings. The van der Waals surface area contributed by atoms with Gasteiger partial charge in [-0.1, -0.05) is 17.7 Å². The Morgan fingerprint density at radius 1 is 1.44 bits per heavy atom. The Morgan fingerprint density at radius 3 is 2.69 bits per heavy atom. The molecule has 1 aliphatic carbocycles. The predicted molar refractivity (Wildman–Crippen MR) is 51.9 cm³/mol. The number of aliphatic carboxylic acids is 1. The molecule has 0 spiro atoms. The molecule has 2 rings (SSSR count). The third-order valence-electron chi connectivity index (χ3n) is 2.95. The number of carbonyl (C=O) groups excluding carboxylic acids is 3. The summed E-state index contributed by atoms with van der Waals surface area (Å²) >= 11 is 5.80. The molecule has 2 amide bonds. The van der Waals surface area contributed by atoms with Gasteiger partial charge in [0.15, 0.2) is 0 Å². The molecule has 86 valence electrons. The lowest BCUT2D eigenvalue weighted by atomic mass is 9.85. The first-order valence-electron chi connectivity index (χ1n) is 4.90. The van der Waals surface area contributed by atoms with Crippen LogP contribution in [0.4, 0.5) is 0 Å². The van der Waals surface area contributed by atoms with E-state index >= 15 is 0 Å². The minimum Gasteiger partial charge on any atom is -0.548 e. The summed E-state index contributed by atoms with van der Waals surface area (Å²) in [5, 5.41) is 11.0. The number of imide groups is 1. The first kappa shape index (κ1) is 11.1. The molecule has 1 saturated heterocycles. The normalized spacial score (nSPS) is 29.1. The monoisotopic (exact) mass is 242 g/mol. The number of likely N-dealkylation sites (tertiary alicyclic amines) is 1. The second kappa shape index (κ2) is 3.90. The number of allylic oxidation sites excluding steroid dienone is 2. The third kappa shape index (κ3) is 1.71. The molecule has 1 fully saturated rings. The molecule has 2 atom stereocenters. The minimum absolute atomic E-state index is 0.320. The first-order chi connectivity index (χ1) is 7.50. The molecule has 5 nitrogen and oxygen atoms in total. The van der Waals surface area contributed by atoms with Crippen molar-refractivity contribution in [2.45, 2.75) is 12.8 Å². The Kier molecular flexibility index (Phi) is 2.71. The van der Waals surface area contributed by atoms with Gasteiger partial charge in [0, 0.05) is 5.03 Å². The Bertz CT molecular complexity index is 404. The van der Waals surface area contributed by atoms with E-state index in [1.165, 1.54) is 0 Å². The van der Waals surface area contributed by atoms with Crippen LogP contribution in [0.5, 0.6) is 0 Å². The van der Waals surface area contributed by atoms with Crippen molar-refractivity contribution in [3.05, 3.63) is 11.1 Å².